The Hall–Kier alpha value is -3.70. The van der Waals surface area contributed by atoms with E-state index in [0.717, 1.165) is 27.6 Å². The first-order valence-electron chi connectivity index (χ1n) is 8.61. The van der Waals surface area contributed by atoms with Crippen molar-refractivity contribution in [3.63, 3.8) is 0 Å². The van der Waals surface area contributed by atoms with Crippen LogP contribution in [-0.2, 0) is 24.6 Å². The van der Waals surface area contributed by atoms with Crippen molar-refractivity contribution in [1.82, 2.24) is 19.6 Å². The van der Waals surface area contributed by atoms with Crippen molar-refractivity contribution in [1.29, 1.82) is 0 Å². The lowest BCUT2D eigenvalue weighted by molar-refractivity contribution is -0.137. The Morgan fingerprint density at radius 1 is 1.10 bits per heavy atom. The van der Waals surface area contributed by atoms with Crippen LogP contribution in [0.25, 0.3) is 10.8 Å². The fourth-order valence-electron chi connectivity index (χ4n) is 2.77. The van der Waals surface area contributed by atoms with Gasteiger partial charge in [0.05, 0.1) is 10.9 Å². The summed E-state index contributed by atoms with van der Waals surface area (Å²) >= 11 is 0. The minimum atomic E-state index is -4.57. The van der Waals surface area contributed by atoms with Gasteiger partial charge in [0.25, 0.3) is 11.1 Å². The van der Waals surface area contributed by atoms with Crippen LogP contribution < -0.4 is 21.3 Å². The van der Waals surface area contributed by atoms with Gasteiger partial charge < -0.3 is 10.2 Å². The molecule has 0 aliphatic carbocycles. The largest absolute Gasteiger partial charge is 0.416 e. The van der Waals surface area contributed by atoms with E-state index in [-0.39, 0.29) is 28.0 Å². The molecule has 1 N–H and O–H groups in total. The molecular formula is C18H17F3N6O3. The van der Waals surface area contributed by atoms with E-state index >= 15 is 0 Å². The number of anilines is 2. The minimum absolute atomic E-state index is 0.00488. The molecule has 9 nitrogen and oxygen atoms in total. The van der Waals surface area contributed by atoms with E-state index in [1.165, 1.54) is 24.1 Å². The first-order chi connectivity index (χ1) is 14.0. The van der Waals surface area contributed by atoms with Gasteiger partial charge in [-0.25, -0.2) is 9.36 Å². The Balaban J connectivity index is 2.00. The van der Waals surface area contributed by atoms with E-state index in [1.54, 1.807) is 14.1 Å². The number of carbonyl (C=O) groups is 1. The Kier molecular flexibility index (Phi) is 5.33. The van der Waals surface area contributed by atoms with Gasteiger partial charge in [0, 0.05) is 32.6 Å². The van der Waals surface area contributed by atoms with E-state index in [2.05, 4.69) is 15.5 Å². The highest BCUT2D eigenvalue weighted by atomic mass is 19.4. The number of nitrogens with zero attached hydrogens (tertiary/aromatic N) is 5. The number of aryl methyl sites for hydroxylation is 1. The van der Waals surface area contributed by atoms with E-state index < -0.39 is 29.8 Å². The maximum Gasteiger partial charge on any atom is 0.416 e. The van der Waals surface area contributed by atoms with Crippen LogP contribution in [0.1, 0.15) is 5.56 Å². The molecule has 30 heavy (non-hydrogen) atoms. The summed E-state index contributed by atoms with van der Waals surface area (Å²) in [6, 6.07) is 5.25. The zero-order chi connectivity index (χ0) is 22.2. The van der Waals surface area contributed by atoms with E-state index in [9.17, 15) is 27.6 Å². The summed E-state index contributed by atoms with van der Waals surface area (Å²) in [6.07, 6.45) is -4.57. The number of nitrogens with one attached hydrogen (secondary N) is 1. The number of amides is 1. The molecule has 12 heteroatoms. The summed E-state index contributed by atoms with van der Waals surface area (Å²) < 4.78 is 41.1. The number of aromatic nitrogens is 4. The van der Waals surface area contributed by atoms with Gasteiger partial charge in [-0.15, -0.1) is 0 Å². The van der Waals surface area contributed by atoms with Gasteiger partial charge in [-0.05, 0) is 24.3 Å². The number of carbonyl (C=O) groups excluding carboxylic acids is 1. The van der Waals surface area contributed by atoms with Crippen LogP contribution in [0.3, 0.4) is 0 Å². The summed E-state index contributed by atoms with van der Waals surface area (Å²) in [5, 5.41) is 10.4. The molecule has 0 spiro atoms. The summed E-state index contributed by atoms with van der Waals surface area (Å²) in [5.74, 6) is -0.450. The number of hydrogen-bond acceptors (Lipinski definition) is 6. The van der Waals surface area contributed by atoms with E-state index in [4.69, 9.17) is 0 Å². The monoisotopic (exact) mass is 422 g/mol. The topological polar surface area (TPSA) is 102 Å². The average Bonchev–Trinajstić information content (AvgIpc) is 2.65. The lowest BCUT2D eigenvalue weighted by atomic mass is 10.1. The number of halogens is 3. The second kappa shape index (κ2) is 7.61. The highest BCUT2D eigenvalue weighted by Crippen LogP contribution is 2.32. The molecule has 0 saturated carbocycles. The second-order valence-electron chi connectivity index (χ2n) is 6.67. The molecule has 1 aromatic carbocycles. The Labute approximate surface area is 167 Å². The third-order valence-electron chi connectivity index (χ3n) is 4.21. The smallest absolute Gasteiger partial charge is 0.361 e. The Morgan fingerprint density at radius 3 is 2.40 bits per heavy atom. The van der Waals surface area contributed by atoms with Crippen molar-refractivity contribution in [3.05, 3.63) is 56.6 Å². The fourth-order valence-corrected chi connectivity index (χ4v) is 2.77. The average molecular weight is 422 g/mol. The summed E-state index contributed by atoms with van der Waals surface area (Å²) in [5.41, 5.74) is -1.99. The van der Waals surface area contributed by atoms with Crippen LogP contribution in [-0.4, -0.2) is 39.6 Å². The molecule has 0 aliphatic heterocycles. The van der Waals surface area contributed by atoms with Crippen LogP contribution in [0.4, 0.5) is 24.8 Å². The van der Waals surface area contributed by atoms with Crippen molar-refractivity contribution < 1.29 is 18.0 Å². The number of hydrogen-bond donors (Lipinski definition) is 1. The first kappa shape index (κ1) is 21.0. The molecule has 0 aliphatic rings. The summed E-state index contributed by atoms with van der Waals surface area (Å²) in [6.45, 7) is -0.499. The van der Waals surface area contributed by atoms with Crippen molar-refractivity contribution in [2.45, 2.75) is 12.7 Å². The molecule has 0 radical (unpaired) electrons. The molecule has 0 saturated heterocycles. The highest BCUT2D eigenvalue weighted by molar-refractivity contribution is 5.93. The maximum absolute atomic E-state index is 13.1. The van der Waals surface area contributed by atoms with Gasteiger partial charge in [-0.2, -0.15) is 23.4 Å². The number of rotatable bonds is 4. The predicted molar refractivity (Wildman–Crippen MR) is 103 cm³/mol. The Bertz CT molecular complexity index is 1250. The van der Waals surface area contributed by atoms with Crippen LogP contribution in [0.15, 0.2) is 39.9 Å². The number of alkyl halides is 3. The van der Waals surface area contributed by atoms with E-state index in [0.29, 0.717) is 0 Å². The molecule has 0 bridgehead atoms. The molecule has 3 rings (SSSR count). The standard InChI is InChI=1S/C18H17F3N6O3/c1-25(2)16-12-8-10(18(19,20)21)4-5-11(12)17(30)27(24-16)9-14(28)22-13-6-7-15(29)26(3)23-13/h4-8H,9H2,1-3H3,(H,22,23,28). The molecule has 0 atom stereocenters. The predicted octanol–water partition coefficient (Wildman–Crippen LogP) is 1.21. The van der Waals surface area contributed by atoms with Gasteiger partial charge in [0.1, 0.15) is 6.54 Å². The number of benzene rings is 1. The SMILES string of the molecule is CN(C)c1nn(CC(=O)Nc2ccc(=O)n(C)n2)c(=O)c2ccc(C(F)(F)F)cc12. The van der Waals surface area contributed by atoms with Crippen molar-refractivity contribution in [2.24, 2.45) is 7.05 Å². The lowest BCUT2D eigenvalue weighted by Gasteiger charge is -2.17. The van der Waals surface area contributed by atoms with Crippen molar-refractivity contribution in [2.75, 3.05) is 24.3 Å². The van der Waals surface area contributed by atoms with Crippen LogP contribution in [0.5, 0.6) is 0 Å². The number of fused-ring (bicyclic) bond motifs is 1. The molecular weight excluding hydrogens is 405 g/mol. The minimum Gasteiger partial charge on any atom is -0.361 e. The fraction of sp³-hybridized carbons (Fsp3) is 0.278. The van der Waals surface area contributed by atoms with Gasteiger partial charge in [0.15, 0.2) is 11.6 Å². The normalized spacial score (nSPS) is 11.5. The van der Waals surface area contributed by atoms with Gasteiger partial charge >= 0.3 is 6.18 Å². The van der Waals surface area contributed by atoms with Crippen LogP contribution in [0, 0.1) is 0 Å². The van der Waals surface area contributed by atoms with Gasteiger partial charge in [-0.1, -0.05) is 0 Å². The third-order valence-corrected chi connectivity index (χ3v) is 4.21. The second-order valence-corrected chi connectivity index (χ2v) is 6.67. The molecule has 0 unspecified atom stereocenters. The maximum atomic E-state index is 13.1. The molecule has 0 fully saturated rings. The molecule has 2 heterocycles. The lowest BCUT2D eigenvalue weighted by Crippen LogP contribution is -2.32. The van der Waals surface area contributed by atoms with E-state index in [1.807, 2.05) is 0 Å². The van der Waals surface area contributed by atoms with Gasteiger partial charge in [-0.3, -0.25) is 14.4 Å². The zero-order valence-electron chi connectivity index (χ0n) is 16.2. The van der Waals surface area contributed by atoms with Crippen LogP contribution in [0.2, 0.25) is 0 Å². The summed E-state index contributed by atoms with van der Waals surface area (Å²) in [4.78, 5) is 37.9. The molecule has 3 aromatic rings. The first-order valence-corrected chi connectivity index (χ1v) is 8.61. The van der Waals surface area contributed by atoms with Crippen molar-refractivity contribution >= 4 is 28.3 Å². The van der Waals surface area contributed by atoms with Crippen LogP contribution >= 0.6 is 0 Å². The molecule has 158 valence electrons. The summed E-state index contributed by atoms with van der Waals surface area (Å²) in [7, 11) is 4.53. The molecule has 1 amide bonds. The Morgan fingerprint density at radius 2 is 1.80 bits per heavy atom. The molecule has 2 aromatic heterocycles. The van der Waals surface area contributed by atoms with Crippen molar-refractivity contribution in [3.8, 4) is 0 Å². The highest BCUT2D eigenvalue weighted by Gasteiger charge is 2.31. The third kappa shape index (κ3) is 4.16. The quantitative estimate of drug-likeness (QED) is 0.678. The zero-order valence-corrected chi connectivity index (χ0v) is 16.2. The van der Waals surface area contributed by atoms with Gasteiger partial charge in [0.2, 0.25) is 5.91 Å².